The summed E-state index contributed by atoms with van der Waals surface area (Å²) in [5.74, 6) is -0.252. The maximum atomic E-state index is 13.2. The Morgan fingerprint density at radius 1 is 1.17 bits per heavy atom. The van der Waals surface area contributed by atoms with Crippen LogP contribution in [0.2, 0.25) is 0 Å². The second kappa shape index (κ2) is 6.70. The monoisotopic (exact) mass is 362 g/mol. The third kappa shape index (κ3) is 4.39. The molecule has 0 amide bonds. The van der Waals surface area contributed by atoms with E-state index < -0.39 is 10.0 Å². The van der Waals surface area contributed by atoms with Crippen molar-refractivity contribution in [2.75, 3.05) is 11.0 Å². The van der Waals surface area contributed by atoms with Gasteiger partial charge in [-0.1, -0.05) is 24.3 Å². The zero-order valence-corrected chi connectivity index (χ0v) is 14.5. The van der Waals surface area contributed by atoms with Crippen molar-refractivity contribution in [1.82, 2.24) is 4.98 Å². The second-order valence-corrected chi connectivity index (χ2v) is 8.08. The zero-order chi connectivity index (χ0) is 17.2. The first-order chi connectivity index (χ1) is 11.4. The summed E-state index contributed by atoms with van der Waals surface area (Å²) < 4.78 is 38.1. The molecule has 24 heavy (non-hydrogen) atoms. The van der Waals surface area contributed by atoms with Gasteiger partial charge in [-0.3, -0.25) is 4.72 Å². The minimum atomic E-state index is -3.28. The Labute approximate surface area is 144 Å². The summed E-state index contributed by atoms with van der Waals surface area (Å²) in [6.07, 6.45) is 1.69. The molecule has 3 rings (SSSR count). The van der Waals surface area contributed by atoms with Crippen molar-refractivity contribution in [3.8, 4) is 11.3 Å². The van der Waals surface area contributed by atoms with Gasteiger partial charge in [0.05, 0.1) is 17.0 Å². The van der Waals surface area contributed by atoms with Crippen LogP contribution in [0.1, 0.15) is 10.6 Å². The number of nitrogens with zero attached hydrogens (tertiary/aromatic N) is 1. The van der Waals surface area contributed by atoms with Crippen LogP contribution in [0.4, 0.5) is 10.1 Å². The lowest BCUT2D eigenvalue weighted by Crippen LogP contribution is -2.09. The molecule has 0 saturated heterocycles. The molecule has 0 aliphatic rings. The number of aromatic nitrogens is 1. The SMILES string of the molecule is CS(=O)(=O)Nc1ccc(-c2csc(Cc3cccc(F)c3)n2)cc1. The molecule has 1 heterocycles. The topological polar surface area (TPSA) is 59.1 Å². The molecule has 2 aromatic carbocycles. The molecule has 0 unspecified atom stereocenters. The molecule has 4 nitrogen and oxygen atoms in total. The summed E-state index contributed by atoms with van der Waals surface area (Å²) in [6.45, 7) is 0. The number of sulfonamides is 1. The highest BCUT2D eigenvalue weighted by Gasteiger charge is 2.07. The summed E-state index contributed by atoms with van der Waals surface area (Å²) in [4.78, 5) is 4.57. The van der Waals surface area contributed by atoms with Crippen molar-refractivity contribution < 1.29 is 12.8 Å². The molecule has 1 aromatic heterocycles. The molecular formula is C17H15FN2O2S2. The van der Waals surface area contributed by atoms with Gasteiger partial charge < -0.3 is 0 Å². The Morgan fingerprint density at radius 2 is 1.92 bits per heavy atom. The van der Waals surface area contributed by atoms with Crippen LogP contribution < -0.4 is 4.72 Å². The van der Waals surface area contributed by atoms with E-state index in [1.165, 1.54) is 23.5 Å². The highest BCUT2D eigenvalue weighted by atomic mass is 32.2. The smallest absolute Gasteiger partial charge is 0.229 e. The second-order valence-electron chi connectivity index (χ2n) is 5.38. The molecule has 7 heteroatoms. The average Bonchev–Trinajstić information content (AvgIpc) is 2.95. The maximum absolute atomic E-state index is 13.2. The zero-order valence-electron chi connectivity index (χ0n) is 12.9. The maximum Gasteiger partial charge on any atom is 0.229 e. The quantitative estimate of drug-likeness (QED) is 0.749. The minimum absolute atomic E-state index is 0.252. The molecule has 3 aromatic rings. The fourth-order valence-electron chi connectivity index (χ4n) is 2.27. The number of hydrogen-bond acceptors (Lipinski definition) is 4. The van der Waals surface area contributed by atoms with Gasteiger partial charge in [0.15, 0.2) is 0 Å². The van der Waals surface area contributed by atoms with Crippen molar-refractivity contribution in [2.24, 2.45) is 0 Å². The van der Waals surface area contributed by atoms with Gasteiger partial charge in [-0.2, -0.15) is 0 Å². The minimum Gasteiger partial charge on any atom is -0.284 e. The van der Waals surface area contributed by atoms with Crippen molar-refractivity contribution in [1.29, 1.82) is 0 Å². The van der Waals surface area contributed by atoms with Gasteiger partial charge >= 0.3 is 0 Å². The average molecular weight is 362 g/mol. The van der Waals surface area contributed by atoms with Gasteiger partial charge in [0.2, 0.25) is 10.0 Å². The molecular weight excluding hydrogens is 347 g/mol. The van der Waals surface area contributed by atoms with Gasteiger partial charge in [0.25, 0.3) is 0 Å². The van der Waals surface area contributed by atoms with Crippen LogP contribution in [-0.4, -0.2) is 19.7 Å². The van der Waals surface area contributed by atoms with E-state index in [1.807, 2.05) is 23.6 Å². The Hall–Kier alpha value is -2.25. The number of nitrogens with one attached hydrogen (secondary N) is 1. The van der Waals surface area contributed by atoms with Crippen LogP contribution in [-0.2, 0) is 16.4 Å². The Kier molecular flexibility index (Phi) is 4.64. The van der Waals surface area contributed by atoms with Gasteiger partial charge in [-0.05, 0) is 29.8 Å². The van der Waals surface area contributed by atoms with E-state index in [4.69, 9.17) is 0 Å². The van der Waals surface area contributed by atoms with Crippen molar-refractivity contribution in [3.63, 3.8) is 0 Å². The van der Waals surface area contributed by atoms with Crippen LogP contribution in [0.3, 0.4) is 0 Å². The largest absolute Gasteiger partial charge is 0.284 e. The first-order valence-corrected chi connectivity index (χ1v) is 9.93. The van der Waals surface area contributed by atoms with Crippen LogP contribution >= 0.6 is 11.3 Å². The first-order valence-electron chi connectivity index (χ1n) is 7.16. The van der Waals surface area contributed by atoms with Crippen LogP contribution in [0.5, 0.6) is 0 Å². The number of halogens is 1. The predicted molar refractivity (Wildman–Crippen MR) is 95.2 cm³/mol. The van der Waals surface area contributed by atoms with Crippen molar-refractivity contribution in [3.05, 3.63) is 70.3 Å². The highest BCUT2D eigenvalue weighted by molar-refractivity contribution is 7.92. The first kappa shape index (κ1) is 16.6. The number of thiazole rings is 1. The molecule has 0 bridgehead atoms. The normalized spacial score (nSPS) is 11.4. The summed E-state index contributed by atoms with van der Waals surface area (Å²) in [7, 11) is -3.28. The summed E-state index contributed by atoms with van der Waals surface area (Å²) in [5.41, 5.74) is 3.10. The van der Waals surface area contributed by atoms with Gasteiger partial charge in [0.1, 0.15) is 5.82 Å². The molecule has 0 saturated carbocycles. The summed E-state index contributed by atoms with van der Waals surface area (Å²) >= 11 is 1.51. The van der Waals surface area contributed by atoms with Crippen molar-refractivity contribution >= 4 is 27.0 Å². The lowest BCUT2D eigenvalue weighted by Gasteiger charge is -2.04. The van der Waals surface area contributed by atoms with Crippen LogP contribution in [0, 0.1) is 5.82 Å². The fourth-order valence-corrected chi connectivity index (χ4v) is 3.67. The Balaban J connectivity index is 1.75. The lowest BCUT2D eigenvalue weighted by atomic mass is 10.1. The standard InChI is InChI=1S/C17H15FN2O2S2/c1-24(21,22)20-15-7-5-13(6-8-15)16-11-23-17(19-16)10-12-3-2-4-14(18)9-12/h2-9,11,20H,10H2,1H3. The van der Waals surface area contributed by atoms with E-state index in [0.29, 0.717) is 12.1 Å². The lowest BCUT2D eigenvalue weighted by molar-refractivity contribution is 0.607. The summed E-state index contributed by atoms with van der Waals surface area (Å²) in [5, 5.41) is 2.84. The number of hydrogen-bond donors (Lipinski definition) is 1. The predicted octanol–water partition coefficient (Wildman–Crippen LogP) is 3.91. The van der Waals surface area contributed by atoms with Crippen LogP contribution in [0.25, 0.3) is 11.3 Å². The van der Waals surface area contributed by atoms with E-state index in [9.17, 15) is 12.8 Å². The van der Waals surface area contributed by atoms with E-state index in [0.717, 1.165) is 28.1 Å². The summed E-state index contributed by atoms with van der Waals surface area (Å²) in [6, 6.07) is 13.5. The van der Waals surface area contributed by atoms with E-state index in [1.54, 1.807) is 18.2 Å². The number of anilines is 1. The molecule has 1 N–H and O–H groups in total. The molecule has 0 spiro atoms. The molecule has 0 aliphatic heterocycles. The van der Waals surface area contributed by atoms with E-state index in [2.05, 4.69) is 9.71 Å². The Morgan fingerprint density at radius 3 is 2.58 bits per heavy atom. The molecule has 0 aliphatic carbocycles. The van der Waals surface area contributed by atoms with Gasteiger partial charge in [0, 0.05) is 23.1 Å². The Bertz CT molecular complexity index is 951. The van der Waals surface area contributed by atoms with Crippen molar-refractivity contribution in [2.45, 2.75) is 6.42 Å². The van der Waals surface area contributed by atoms with Crippen LogP contribution in [0.15, 0.2) is 53.9 Å². The molecule has 124 valence electrons. The number of rotatable bonds is 5. The van der Waals surface area contributed by atoms with Gasteiger partial charge in [-0.25, -0.2) is 17.8 Å². The van der Waals surface area contributed by atoms with E-state index >= 15 is 0 Å². The fraction of sp³-hybridized carbons (Fsp3) is 0.118. The molecule has 0 radical (unpaired) electrons. The van der Waals surface area contributed by atoms with E-state index in [-0.39, 0.29) is 5.82 Å². The number of benzene rings is 2. The molecule has 0 fully saturated rings. The van der Waals surface area contributed by atoms with Gasteiger partial charge in [-0.15, -0.1) is 11.3 Å². The molecule has 0 atom stereocenters. The third-order valence-electron chi connectivity index (χ3n) is 3.28. The third-order valence-corrected chi connectivity index (χ3v) is 4.74. The highest BCUT2D eigenvalue weighted by Crippen LogP contribution is 2.25.